The average molecular weight is 494 g/mol. The Hall–Kier alpha value is -3.49. The van der Waals surface area contributed by atoms with Crippen LogP contribution in [0.2, 0.25) is 0 Å². The second kappa shape index (κ2) is 9.19. The van der Waals surface area contributed by atoms with Crippen molar-refractivity contribution in [3.63, 3.8) is 0 Å². The molecule has 3 aromatic rings. The second-order valence-electron chi connectivity index (χ2n) is 9.73. The van der Waals surface area contributed by atoms with E-state index in [4.69, 9.17) is 14.2 Å². The van der Waals surface area contributed by atoms with Crippen molar-refractivity contribution in [2.75, 3.05) is 26.9 Å². The molecule has 2 aliphatic heterocycles. The zero-order valence-electron chi connectivity index (χ0n) is 20.4. The molecule has 1 aromatic heterocycles. The molecule has 2 aromatic carbocycles. The summed E-state index contributed by atoms with van der Waals surface area (Å²) in [6, 6.07) is 11.3. The fraction of sp³-hybridized carbons (Fsp3) is 0.357. The van der Waals surface area contributed by atoms with E-state index in [1.807, 2.05) is 30.5 Å². The fourth-order valence-corrected chi connectivity index (χ4v) is 5.43. The van der Waals surface area contributed by atoms with Crippen molar-refractivity contribution in [3.8, 4) is 28.1 Å². The molecule has 2 atom stereocenters. The minimum Gasteiger partial charge on any atom is -0.493 e. The number of rotatable bonds is 7. The first-order chi connectivity index (χ1) is 17.2. The molecule has 0 amide bonds. The van der Waals surface area contributed by atoms with Crippen molar-refractivity contribution in [2.45, 2.75) is 37.8 Å². The molecule has 7 nitrogen and oxygen atoms in total. The van der Waals surface area contributed by atoms with Crippen molar-refractivity contribution in [1.29, 1.82) is 0 Å². The topological polar surface area (TPSA) is 87.0 Å². The predicted octanol–water partition coefficient (Wildman–Crippen LogP) is 4.88. The van der Waals surface area contributed by atoms with Gasteiger partial charge in [-0.25, -0.2) is 9.18 Å². The van der Waals surface area contributed by atoms with Gasteiger partial charge in [0.25, 0.3) is 0 Å². The average Bonchev–Trinajstić information content (AvgIpc) is 3.17. The smallest absolute Gasteiger partial charge is 0.341 e. The van der Waals surface area contributed by atoms with Crippen LogP contribution in [0, 0.1) is 5.82 Å². The summed E-state index contributed by atoms with van der Waals surface area (Å²) in [6.07, 6.45) is 2.08. The Bertz CT molecular complexity index is 1400. The van der Waals surface area contributed by atoms with E-state index in [0.29, 0.717) is 48.8 Å². The van der Waals surface area contributed by atoms with Gasteiger partial charge in [-0.3, -0.25) is 4.79 Å². The highest BCUT2D eigenvalue weighted by atomic mass is 19.1. The quantitative estimate of drug-likeness (QED) is 0.472. The number of pyridine rings is 1. The van der Waals surface area contributed by atoms with E-state index in [9.17, 15) is 19.1 Å². The van der Waals surface area contributed by atoms with Gasteiger partial charge in [-0.15, -0.1) is 0 Å². The standard InChI is InChI=1S/C28H28FNO6/c1-28(2)26-21(15-36-28)17-12-25(35-10-6-9-34-3)19(16-7-4-5-8-22(16)29)11-18(17)23-13-24(31)20(27(32)33)14-30(23)26/h4-5,7-8,11-14,21,26H,6,9-10,15H2,1-3H3,(H,32,33)/t21-,26+/m1/s1. The molecule has 1 saturated heterocycles. The van der Waals surface area contributed by atoms with E-state index < -0.39 is 22.8 Å². The van der Waals surface area contributed by atoms with Gasteiger partial charge in [-0.2, -0.15) is 0 Å². The molecule has 1 fully saturated rings. The largest absolute Gasteiger partial charge is 0.493 e. The minimum atomic E-state index is -1.28. The molecule has 0 saturated carbocycles. The first-order valence-electron chi connectivity index (χ1n) is 11.9. The summed E-state index contributed by atoms with van der Waals surface area (Å²) in [7, 11) is 1.63. The van der Waals surface area contributed by atoms with Crippen molar-refractivity contribution >= 4 is 5.97 Å². The van der Waals surface area contributed by atoms with Crippen LogP contribution >= 0.6 is 0 Å². The van der Waals surface area contributed by atoms with Crippen molar-refractivity contribution < 1.29 is 28.5 Å². The molecule has 188 valence electrons. The molecule has 1 N–H and O–H groups in total. The SMILES string of the molecule is COCCCOc1cc2c(cc1-c1ccccc1F)-c1cc(=O)c(C(=O)O)cn1[C@H]1[C@@H]2COC1(C)C. The van der Waals surface area contributed by atoms with Crippen LogP contribution in [0.4, 0.5) is 4.39 Å². The van der Waals surface area contributed by atoms with Crippen molar-refractivity contribution in [3.05, 3.63) is 75.8 Å². The third-order valence-corrected chi connectivity index (χ3v) is 7.08. The lowest BCUT2D eigenvalue weighted by Gasteiger charge is -2.38. The van der Waals surface area contributed by atoms with Crippen LogP contribution in [0.15, 0.2) is 53.5 Å². The van der Waals surface area contributed by atoms with E-state index in [1.165, 1.54) is 18.3 Å². The Balaban J connectivity index is 1.75. The Kier molecular flexibility index (Phi) is 6.18. The van der Waals surface area contributed by atoms with Gasteiger partial charge in [0.05, 0.1) is 30.6 Å². The van der Waals surface area contributed by atoms with Crippen LogP contribution in [0.1, 0.15) is 48.1 Å². The molecule has 36 heavy (non-hydrogen) atoms. The maximum atomic E-state index is 14.9. The van der Waals surface area contributed by atoms with Gasteiger partial charge >= 0.3 is 5.97 Å². The second-order valence-corrected chi connectivity index (χ2v) is 9.73. The molecule has 2 aliphatic rings. The lowest BCUT2D eigenvalue weighted by atomic mass is 9.78. The Morgan fingerprint density at radius 2 is 1.94 bits per heavy atom. The lowest BCUT2D eigenvalue weighted by molar-refractivity contribution is 0.0145. The highest BCUT2D eigenvalue weighted by Crippen LogP contribution is 2.54. The van der Waals surface area contributed by atoms with Gasteiger partial charge in [-0.1, -0.05) is 18.2 Å². The number of carbonyl (C=O) groups is 1. The molecule has 0 aliphatic carbocycles. The monoisotopic (exact) mass is 493 g/mol. The van der Waals surface area contributed by atoms with Crippen LogP contribution in [-0.2, 0) is 9.47 Å². The third kappa shape index (κ3) is 4.00. The number of halogens is 1. The predicted molar refractivity (Wildman–Crippen MR) is 132 cm³/mol. The summed E-state index contributed by atoms with van der Waals surface area (Å²) in [5.74, 6) is -1.24. The van der Waals surface area contributed by atoms with Crippen LogP contribution in [0.3, 0.4) is 0 Å². The number of nitrogens with zero attached hydrogens (tertiary/aromatic N) is 1. The van der Waals surface area contributed by atoms with Crippen LogP contribution in [-0.4, -0.2) is 48.2 Å². The van der Waals surface area contributed by atoms with Gasteiger partial charge in [0.1, 0.15) is 17.1 Å². The van der Waals surface area contributed by atoms with E-state index in [1.54, 1.807) is 25.3 Å². The number of hydrogen-bond donors (Lipinski definition) is 1. The molecule has 0 radical (unpaired) electrons. The van der Waals surface area contributed by atoms with E-state index in [2.05, 4.69) is 0 Å². The number of aromatic nitrogens is 1. The van der Waals surface area contributed by atoms with E-state index in [-0.39, 0.29) is 17.5 Å². The molecule has 0 bridgehead atoms. The Morgan fingerprint density at radius 1 is 1.17 bits per heavy atom. The summed E-state index contributed by atoms with van der Waals surface area (Å²) in [5.41, 5.74) is 1.68. The van der Waals surface area contributed by atoms with Gasteiger partial charge in [0.15, 0.2) is 5.43 Å². The molecule has 5 rings (SSSR count). The van der Waals surface area contributed by atoms with Gasteiger partial charge < -0.3 is 23.9 Å². The minimum absolute atomic E-state index is 0.109. The highest BCUT2D eigenvalue weighted by molar-refractivity contribution is 5.88. The number of ether oxygens (including phenoxy) is 3. The summed E-state index contributed by atoms with van der Waals surface area (Å²) in [5, 5.41) is 9.60. The number of methoxy groups -OCH3 is 1. The van der Waals surface area contributed by atoms with Crippen molar-refractivity contribution in [1.82, 2.24) is 4.57 Å². The van der Waals surface area contributed by atoms with E-state index >= 15 is 0 Å². The zero-order chi connectivity index (χ0) is 25.6. The molecule has 8 heteroatoms. The maximum absolute atomic E-state index is 14.9. The first-order valence-corrected chi connectivity index (χ1v) is 11.9. The summed E-state index contributed by atoms with van der Waals surface area (Å²) < 4.78 is 34.2. The summed E-state index contributed by atoms with van der Waals surface area (Å²) >= 11 is 0. The Morgan fingerprint density at radius 3 is 2.67 bits per heavy atom. The molecule has 3 heterocycles. The third-order valence-electron chi connectivity index (χ3n) is 7.08. The van der Waals surface area contributed by atoms with Crippen LogP contribution in [0.25, 0.3) is 22.4 Å². The van der Waals surface area contributed by atoms with Gasteiger partial charge in [0, 0.05) is 55.0 Å². The van der Waals surface area contributed by atoms with E-state index in [0.717, 1.165) is 11.1 Å². The number of benzene rings is 2. The molecule has 0 spiro atoms. The van der Waals surface area contributed by atoms with Gasteiger partial charge in [0.2, 0.25) is 0 Å². The number of carboxylic acid groups (broad SMARTS) is 1. The van der Waals surface area contributed by atoms with Crippen LogP contribution < -0.4 is 10.2 Å². The summed E-state index contributed by atoms with van der Waals surface area (Å²) in [4.78, 5) is 24.5. The maximum Gasteiger partial charge on any atom is 0.341 e. The van der Waals surface area contributed by atoms with Gasteiger partial charge in [-0.05, 0) is 37.6 Å². The fourth-order valence-electron chi connectivity index (χ4n) is 5.43. The van der Waals surface area contributed by atoms with Crippen molar-refractivity contribution in [2.24, 2.45) is 0 Å². The van der Waals surface area contributed by atoms with Crippen LogP contribution in [0.5, 0.6) is 5.75 Å². The molecular formula is C28H28FNO6. The number of hydrogen-bond acceptors (Lipinski definition) is 5. The lowest BCUT2D eigenvalue weighted by Crippen LogP contribution is -2.36. The summed E-state index contributed by atoms with van der Waals surface area (Å²) in [6.45, 7) is 5.26. The Labute approximate surface area is 208 Å². The first kappa shape index (κ1) is 24.2. The number of carboxylic acids is 1. The highest BCUT2D eigenvalue weighted by Gasteiger charge is 2.49. The zero-order valence-corrected chi connectivity index (χ0v) is 20.4. The molecular weight excluding hydrogens is 465 g/mol. The normalized spacial score (nSPS) is 19.3. The number of fused-ring (bicyclic) bond motifs is 6. The molecule has 0 unspecified atom stereocenters. The number of aromatic carboxylic acids is 1.